The van der Waals surface area contributed by atoms with E-state index in [1.165, 1.54) is 0 Å². The van der Waals surface area contributed by atoms with Crippen LogP contribution in [0.15, 0.2) is 0 Å². The lowest BCUT2D eigenvalue weighted by atomic mass is 10.1. The number of morpholine rings is 1. The Morgan fingerprint density at radius 2 is 2.31 bits per heavy atom. The van der Waals surface area contributed by atoms with Gasteiger partial charge >= 0.3 is 0 Å². The molecule has 0 radical (unpaired) electrons. The average molecular weight is 246 g/mol. The predicted molar refractivity (Wildman–Crippen MR) is 67.6 cm³/mol. The lowest BCUT2D eigenvalue weighted by molar-refractivity contribution is -0.147. The third kappa shape index (κ3) is 3.96. The van der Waals surface area contributed by atoms with Gasteiger partial charge in [0.2, 0.25) is 5.91 Å². The predicted octanol–water partition coefficient (Wildman–Crippen LogP) is 0.704. The number of hydrogen-bond donors (Lipinski definition) is 1. The molecular weight excluding hydrogens is 224 g/mol. The number of carbonyl (C=O) groups excluding carboxylic acids is 1. The summed E-state index contributed by atoms with van der Waals surface area (Å²) < 4.78 is 5.57. The fraction of sp³-hybridized carbons (Fsp3) is 0.909. The smallest absolute Gasteiger partial charge is 0.239 e. The molecule has 0 spiro atoms. The highest BCUT2D eigenvalue weighted by atomic mass is 32.2. The Morgan fingerprint density at radius 1 is 1.62 bits per heavy atom. The largest absolute Gasteiger partial charge is 0.372 e. The zero-order chi connectivity index (χ0) is 12.2. The van der Waals surface area contributed by atoms with E-state index in [1.807, 2.05) is 25.0 Å². The first-order valence-electron chi connectivity index (χ1n) is 5.63. The molecule has 1 aliphatic rings. The van der Waals surface area contributed by atoms with Crippen molar-refractivity contribution in [3.05, 3.63) is 0 Å². The Hall–Kier alpha value is -0.260. The molecule has 0 saturated carbocycles. The molecule has 0 aromatic carbocycles. The maximum Gasteiger partial charge on any atom is 0.239 e. The van der Waals surface area contributed by atoms with Gasteiger partial charge in [0.05, 0.1) is 18.2 Å². The molecule has 16 heavy (non-hydrogen) atoms. The summed E-state index contributed by atoms with van der Waals surface area (Å²) in [5, 5.41) is 0. The van der Waals surface area contributed by atoms with E-state index in [2.05, 4.69) is 0 Å². The summed E-state index contributed by atoms with van der Waals surface area (Å²) in [5.74, 6) is 0.992. The molecule has 1 heterocycles. The second kappa shape index (κ2) is 5.89. The van der Waals surface area contributed by atoms with Gasteiger partial charge in [0.15, 0.2) is 0 Å². The second-order valence-corrected chi connectivity index (χ2v) is 5.74. The summed E-state index contributed by atoms with van der Waals surface area (Å²) in [5.41, 5.74) is 5.63. The van der Waals surface area contributed by atoms with Gasteiger partial charge in [0.1, 0.15) is 0 Å². The molecule has 0 aromatic rings. The van der Waals surface area contributed by atoms with Crippen LogP contribution >= 0.6 is 11.8 Å². The van der Waals surface area contributed by atoms with Gasteiger partial charge in [-0.2, -0.15) is 11.8 Å². The Morgan fingerprint density at radius 3 is 2.88 bits per heavy atom. The third-order valence-electron chi connectivity index (χ3n) is 2.69. The number of rotatable bonds is 4. The zero-order valence-corrected chi connectivity index (χ0v) is 11.2. The Kier molecular flexibility index (Phi) is 5.08. The van der Waals surface area contributed by atoms with Gasteiger partial charge in [0, 0.05) is 13.1 Å². The van der Waals surface area contributed by atoms with Gasteiger partial charge in [0.25, 0.3) is 0 Å². The number of ether oxygens (including phenoxy) is 1. The van der Waals surface area contributed by atoms with E-state index in [0.717, 1.165) is 12.2 Å². The lowest BCUT2D eigenvalue weighted by Gasteiger charge is -2.39. The fourth-order valence-electron chi connectivity index (χ4n) is 1.81. The van der Waals surface area contributed by atoms with Crippen molar-refractivity contribution >= 4 is 17.7 Å². The zero-order valence-electron chi connectivity index (χ0n) is 10.4. The first-order chi connectivity index (χ1) is 7.46. The highest BCUT2D eigenvalue weighted by molar-refractivity contribution is 7.98. The normalized spacial score (nSPS) is 21.9. The number of amides is 1. The molecule has 1 rings (SSSR count). The monoisotopic (exact) mass is 246 g/mol. The molecule has 1 unspecified atom stereocenters. The van der Waals surface area contributed by atoms with Gasteiger partial charge in [-0.05, 0) is 32.3 Å². The first-order valence-corrected chi connectivity index (χ1v) is 7.03. The van der Waals surface area contributed by atoms with Crippen molar-refractivity contribution < 1.29 is 9.53 Å². The van der Waals surface area contributed by atoms with Gasteiger partial charge in [-0.3, -0.25) is 4.79 Å². The van der Waals surface area contributed by atoms with Crippen LogP contribution in [0.1, 0.15) is 20.3 Å². The van der Waals surface area contributed by atoms with Crippen LogP contribution in [0, 0.1) is 0 Å². The molecule has 4 nitrogen and oxygen atoms in total. The van der Waals surface area contributed by atoms with Crippen LogP contribution in [0.5, 0.6) is 0 Å². The number of thioether (sulfide) groups is 1. The minimum atomic E-state index is -0.360. The van der Waals surface area contributed by atoms with E-state index in [4.69, 9.17) is 10.5 Å². The van der Waals surface area contributed by atoms with Crippen molar-refractivity contribution in [1.29, 1.82) is 0 Å². The Labute approximate surface area is 102 Å². The molecule has 1 saturated heterocycles. The van der Waals surface area contributed by atoms with E-state index < -0.39 is 0 Å². The highest BCUT2D eigenvalue weighted by Crippen LogP contribution is 2.17. The van der Waals surface area contributed by atoms with E-state index in [9.17, 15) is 4.79 Å². The molecular formula is C11H22N2O2S. The maximum absolute atomic E-state index is 12.0. The molecule has 0 bridgehead atoms. The SMILES string of the molecule is CSCCC(N)C(=O)N1CCOC(C)(C)C1. The lowest BCUT2D eigenvalue weighted by Crippen LogP contribution is -2.54. The van der Waals surface area contributed by atoms with Crippen LogP contribution in [-0.2, 0) is 9.53 Å². The number of hydrogen-bond acceptors (Lipinski definition) is 4. The summed E-state index contributed by atoms with van der Waals surface area (Å²) in [6.07, 6.45) is 2.77. The summed E-state index contributed by atoms with van der Waals surface area (Å²) in [4.78, 5) is 13.9. The number of carbonyl (C=O) groups is 1. The summed E-state index contributed by atoms with van der Waals surface area (Å²) in [6, 6.07) is -0.360. The molecule has 1 fully saturated rings. The minimum Gasteiger partial charge on any atom is -0.372 e. The topological polar surface area (TPSA) is 55.6 Å². The van der Waals surface area contributed by atoms with Crippen LogP contribution in [0.2, 0.25) is 0 Å². The Bertz CT molecular complexity index is 246. The molecule has 5 heteroatoms. The van der Waals surface area contributed by atoms with Gasteiger partial charge in [-0.15, -0.1) is 0 Å². The molecule has 1 aliphatic heterocycles. The fourth-order valence-corrected chi connectivity index (χ4v) is 2.30. The Balaban J connectivity index is 2.46. The minimum absolute atomic E-state index is 0.0606. The van der Waals surface area contributed by atoms with Crippen molar-refractivity contribution in [2.45, 2.75) is 31.9 Å². The van der Waals surface area contributed by atoms with Crippen LogP contribution in [-0.4, -0.2) is 54.2 Å². The summed E-state index contributed by atoms with van der Waals surface area (Å²) in [7, 11) is 0. The average Bonchev–Trinajstić information content (AvgIpc) is 2.23. The molecule has 0 aromatic heterocycles. The van der Waals surface area contributed by atoms with Crippen LogP contribution in [0.3, 0.4) is 0 Å². The van der Waals surface area contributed by atoms with Crippen LogP contribution in [0.4, 0.5) is 0 Å². The van der Waals surface area contributed by atoms with Crippen molar-refractivity contribution in [3.8, 4) is 0 Å². The van der Waals surface area contributed by atoms with Crippen molar-refractivity contribution in [2.75, 3.05) is 31.7 Å². The standard InChI is InChI=1S/C11H22N2O2S/c1-11(2)8-13(5-6-15-11)10(14)9(12)4-7-16-3/h9H,4-8,12H2,1-3H3. The molecule has 1 atom stereocenters. The van der Waals surface area contributed by atoms with Gasteiger partial charge in [-0.1, -0.05) is 0 Å². The summed E-state index contributed by atoms with van der Waals surface area (Å²) >= 11 is 1.72. The van der Waals surface area contributed by atoms with E-state index in [0.29, 0.717) is 19.7 Å². The van der Waals surface area contributed by atoms with E-state index in [-0.39, 0.29) is 17.6 Å². The highest BCUT2D eigenvalue weighted by Gasteiger charge is 2.31. The van der Waals surface area contributed by atoms with E-state index in [1.54, 1.807) is 11.8 Å². The molecule has 2 N–H and O–H groups in total. The third-order valence-corrected chi connectivity index (χ3v) is 3.33. The van der Waals surface area contributed by atoms with Gasteiger partial charge < -0.3 is 15.4 Å². The van der Waals surface area contributed by atoms with E-state index >= 15 is 0 Å². The molecule has 1 amide bonds. The quantitative estimate of drug-likeness (QED) is 0.793. The summed E-state index contributed by atoms with van der Waals surface area (Å²) in [6.45, 7) is 5.90. The van der Waals surface area contributed by atoms with Crippen LogP contribution in [0.25, 0.3) is 0 Å². The van der Waals surface area contributed by atoms with Gasteiger partial charge in [-0.25, -0.2) is 0 Å². The van der Waals surface area contributed by atoms with Crippen molar-refractivity contribution in [2.24, 2.45) is 5.73 Å². The van der Waals surface area contributed by atoms with Crippen molar-refractivity contribution in [3.63, 3.8) is 0 Å². The first kappa shape index (κ1) is 13.8. The maximum atomic E-state index is 12.0. The van der Waals surface area contributed by atoms with Crippen molar-refractivity contribution in [1.82, 2.24) is 4.90 Å². The number of nitrogens with zero attached hydrogens (tertiary/aromatic N) is 1. The second-order valence-electron chi connectivity index (χ2n) is 4.76. The molecule has 0 aliphatic carbocycles. The number of nitrogens with two attached hydrogens (primary N) is 1. The molecule has 94 valence electrons. The van der Waals surface area contributed by atoms with Crippen LogP contribution < -0.4 is 5.73 Å².